The van der Waals surface area contributed by atoms with E-state index in [9.17, 15) is 0 Å². The molecule has 1 rings (SSSR count). The van der Waals surface area contributed by atoms with Crippen LogP contribution in [-0.4, -0.2) is 39.3 Å². The summed E-state index contributed by atoms with van der Waals surface area (Å²) in [7, 11) is 1.62. The largest absolute Gasteiger partial charge is 0.493 e. The smallest absolute Gasteiger partial charge is 0.185 e. The van der Waals surface area contributed by atoms with Crippen molar-refractivity contribution in [1.29, 1.82) is 0 Å². The van der Waals surface area contributed by atoms with E-state index in [1.807, 2.05) is 24.3 Å². The van der Waals surface area contributed by atoms with Crippen LogP contribution in [0.25, 0.3) is 0 Å². The Balaban J connectivity index is 2.16. The van der Waals surface area contributed by atoms with Crippen LogP contribution in [0.15, 0.2) is 29.3 Å². The summed E-state index contributed by atoms with van der Waals surface area (Å²) in [6.07, 6.45) is 0. The van der Waals surface area contributed by atoms with Gasteiger partial charge in [0, 0.05) is 13.1 Å². The average Bonchev–Trinajstić information content (AvgIpc) is 2.37. The Kier molecular flexibility index (Phi) is 6.42. The van der Waals surface area contributed by atoms with Crippen molar-refractivity contribution in [2.75, 3.05) is 33.4 Å². The predicted molar refractivity (Wildman–Crippen MR) is 72.0 cm³/mol. The molecule has 0 radical (unpaired) electrons. The minimum atomic E-state index is 0.113. The molecular formula is C12H20N4O2. The standard InChI is InChI=1S/C12H20N4O2/c1-17-10-4-2-3-5-11(10)18-9-8-15-6-7-16-12(13)14/h2-5,15H,6-9H2,1H3,(H4,13,14,16). The number of ether oxygens (including phenoxy) is 2. The molecule has 100 valence electrons. The Hall–Kier alpha value is -1.95. The third-order valence-electron chi connectivity index (χ3n) is 2.19. The Morgan fingerprint density at radius 1 is 1.22 bits per heavy atom. The zero-order chi connectivity index (χ0) is 13.2. The van der Waals surface area contributed by atoms with Gasteiger partial charge in [0.25, 0.3) is 0 Å². The zero-order valence-electron chi connectivity index (χ0n) is 10.6. The molecular weight excluding hydrogens is 232 g/mol. The topological polar surface area (TPSA) is 94.9 Å². The molecule has 18 heavy (non-hydrogen) atoms. The van der Waals surface area contributed by atoms with E-state index in [0.717, 1.165) is 18.0 Å². The molecule has 0 aliphatic rings. The van der Waals surface area contributed by atoms with Crippen molar-refractivity contribution in [3.63, 3.8) is 0 Å². The van der Waals surface area contributed by atoms with Gasteiger partial charge in [-0.05, 0) is 12.1 Å². The lowest BCUT2D eigenvalue weighted by Gasteiger charge is -2.10. The van der Waals surface area contributed by atoms with E-state index in [0.29, 0.717) is 19.7 Å². The fraction of sp³-hybridized carbons (Fsp3) is 0.417. The van der Waals surface area contributed by atoms with Crippen molar-refractivity contribution < 1.29 is 9.47 Å². The van der Waals surface area contributed by atoms with E-state index >= 15 is 0 Å². The van der Waals surface area contributed by atoms with Gasteiger partial charge in [0.15, 0.2) is 17.5 Å². The second-order valence-corrected chi connectivity index (χ2v) is 3.56. The number of guanidine groups is 1. The van der Waals surface area contributed by atoms with Crippen LogP contribution < -0.4 is 26.3 Å². The van der Waals surface area contributed by atoms with Crippen LogP contribution in [0.4, 0.5) is 0 Å². The van der Waals surface area contributed by atoms with Crippen LogP contribution in [0, 0.1) is 0 Å². The van der Waals surface area contributed by atoms with Gasteiger partial charge in [-0.2, -0.15) is 0 Å². The van der Waals surface area contributed by atoms with E-state index in [1.54, 1.807) is 7.11 Å². The molecule has 0 aliphatic heterocycles. The summed E-state index contributed by atoms with van der Waals surface area (Å²) in [4.78, 5) is 3.86. The van der Waals surface area contributed by atoms with Crippen molar-refractivity contribution >= 4 is 5.96 Å². The maximum absolute atomic E-state index is 5.58. The summed E-state index contributed by atoms with van der Waals surface area (Å²) in [5.74, 6) is 1.59. The van der Waals surface area contributed by atoms with Crippen LogP contribution in [0.2, 0.25) is 0 Å². The molecule has 0 fully saturated rings. The van der Waals surface area contributed by atoms with E-state index in [1.165, 1.54) is 0 Å². The molecule has 0 bridgehead atoms. The number of hydrogen-bond acceptors (Lipinski definition) is 4. The molecule has 0 heterocycles. The highest BCUT2D eigenvalue weighted by Crippen LogP contribution is 2.25. The minimum Gasteiger partial charge on any atom is -0.493 e. The summed E-state index contributed by atoms with van der Waals surface area (Å²) in [6.45, 7) is 2.56. The number of nitrogens with zero attached hydrogens (tertiary/aromatic N) is 1. The third-order valence-corrected chi connectivity index (χ3v) is 2.19. The van der Waals surface area contributed by atoms with E-state index in [-0.39, 0.29) is 5.96 Å². The summed E-state index contributed by atoms with van der Waals surface area (Å²) in [6, 6.07) is 7.54. The fourth-order valence-electron chi connectivity index (χ4n) is 1.36. The second-order valence-electron chi connectivity index (χ2n) is 3.56. The first kappa shape index (κ1) is 14.1. The van der Waals surface area contributed by atoms with E-state index in [2.05, 4.69) is 10.3 Å². The van der Waals surface area contributed by atoms with E-state index < -0.39 is 0 Å². The fourth-order valence-corrected chi connectivity index (χ4v) is 1.36. The number of rotatable bonds is 8. The lowest BCUT2D eigenvalue weighted by atomic mass is 10.3. The SMILES string of the molecule is COc1ccccc1OCCNCCN=C(N)N. The first-order chi connectivity index (χ1) is 8.74. The summed E-state index contributed by atoms with van der Waals surface area (Å²) < 4.78 is 10.8. The van der Waals surface area contributed by atoms with Crippen molar-refractivity contribution in [2.24, 2.45) is 16.5 Å². The molecule has 0 aliphatic carbocycles. The Bertz CT molecular complexity index is 378. The van der Waals surface area contributed by atoms with Crippen molar-refractivity contribution in [1.82, 2.24) is 5.32 Å². The monoisotopic (exact) mass is 252 g/mol. The van der Waals surface area contributed by atoms with Gasteiger partial charge >= 0.3 is 0 Å². The highest BCUT2D eigenvalue weighted by Gasteiger charge is 2.01. The van der Waals surface area contributed by atoms with Crippen molar-refractivity contribution in [3.8, 4) is 11.5 Å². The number of benzene rings is 1. The quantitative estimate of drug-likeness (QED) is 0.342. The molecule has 0 saturated heterocycles. The first-order valence-electron chi connectivity index (χ1n) is 5.76. The normalized spacial score (nSPS) is 9.83. The minimum absolute atomic E-state index is 0.113. The number of nitrogens with two attached hydrogens (primary N) is 2. The Morgan fingerprint density at radius 2 is 1.94 bits per heavy atom. The zero-order valence-corrected chi connectivity index (χ0v) is 10.6. The number of para-hydroxylation sites is 2. The molecule has 5 N–H and O–H groups in total. The highest BCUT2D eigenvalue weighted by atomic mass is 16.5. The summed E-state index contributed by atoms with van der Waals surface area (Å²) >= 11 is 0. The van der Waals surface area contributed by atoms with Gasteiger partial charge in [0.2, 0.25) is 0 Å². The van der Waals surface area contributed by atoms with Crippen LogP contribution in [-0.2, 0) is 0 Å². The number of hydrogen-bond donors (Lipinski definition) is 3. The van der Waals surface area contributed by atoms with Gasteiger partial charge in [0.05, 0.1) is 13.7 Å². The van der Waals surface area contributed by atoms with Crippen LogP contribution in [0.3, 0.4) is 0 Å². The van der Waals surface area contributed by atoms with Gasteiger partial charge in [-0.1, -0.05) is 12.1 Å². The summed E-state index contributed by atoms with van der Waals surface area (Å²) in [5.41, 5.74) is 10.4. The molecule has 0 atom stereocenters. The molecule has 0 aromatic heterocycles. The van der Waals surface area contributed by atoms with Gasteiger partial charge in [0.1, 0.15) is 6.61 Å². The summed E-state index contributed by atoms with van der Waals surface area (Å²) in [5, 5.41) is 3.16. The molecule has 0 saturated carbocycles. The highest BCUT2D eigenvalue weighted by molar-refractivity contribution is 5.75. The van der Waals surface area contributed by atoms with Crippen molar-refractivity contribution in [2.45, 2.75) is 0 Å². The van der Waals surface area contributed by atoms with Gasteiger partial charge < -0.3 is 26.3 Å². The van der Waals surface area contributed by atoms with Crippen LogP contribution in [0.5, 0.6) is 11.5 Å². The molecule has 1 aromatic rings. The predicted octanol–water partition coefficient (Wildman–Crippen LogP) is -0.0630. The van der Waals surface area contributed by atoms with Gasteiger partial charge in [-0.25, -0.2) is 0 Å². The third kappa shape index (κ3) is 5.40. The van der Waals surface area contributed by atoms with Gasteiger partial charge in [-0.3, -0.25) is 4.99 Å². The molecule has 1 aromatic carbocycles. The molecule has 6 nitrogen and oxygen atoms in total. The maximum atomic E-state index is 5.58. The van der Waals surface area contributed by atoms with E-state index in [4.69, 9.17) is 20.9 Å². The Labute approximate surface area is 107 Å². The molecule has 0 amide bonds. The van der Waals surface area contributed by atoms with Crippen molar-refractivity contribution in [3.05, 3.63) is 24.3 Å². The van der Waals surface area contributed by atoms with Crippen LogP contribution in [0.1, 0.15) is 0 Å². The van der Waals surface area contributed by atoms with Gasteiger partial charge in [-0.15, -0.1) is 0 Å². The Morgan fingerprint density at radius 3 is 2.61 bits per heavy atom. The average molecular weight is 252 g/mol. The lowest BCUT2D eigenvalue weighted by Crippen LogP contribution is -2.27. The molecule has 0 unspecified atom stereocenters. The number of nitrogens with one attached hydrogen (secondary N) is 1. The number of aliphatic imine (C=N–C) groups is 1. The second kappa shape index (κ2) is 8.19. The molecule has 6 heteroatoms. The first-order valence-corrected chi connectivity index (χ1v) is 5.76. The number of methoxy groups -OCH3 is 1. The van der Waals surface area contributed by atoms with Crippen LogP contribution >= 0.6 is 0 Å². The molecule has 0 spiro atoms. The maximum Gasteiger partial charge on any atom is 0.185 e. The lowest BCUT2D eigenvalue weighted by molar-refractivity contribution is 0.293.